The zero-order valence-corrected chi connectivity index (χ0v) is 16.5. The Kier molecular flexibility index (Phi) is 6.07. The molecule has 1 aliphatic rings. The highest BCUT2D eigenvalue weighted by molar-refractivity contribution is 6.34. The molecule has 1 aromatic carbocycles. The molecule has 0 aliphatic heterocycles. The summed E-state index contributed by atoms with van der Waals surface area (Å²) in [7, 11) is 1.83. The summed E-state index contributed by atoms with van der Waals surface area (Å²) in [6.07, 6.45) is 3.45. The number of hydrogen-bond acceptors (Lipinski definition) is 5. The van der Waals surface area contributed by atoms with Gasteiger partial charge >= 0.3 is 11.9 Å². The summed E-state index contributed by atoms with van der Waals surface area (Å²) in [5.41, 5.74) is 1.57. The van der Waals surface area contributed by atoms with E-state index in [9.17, 15) is 9.59 Å². The number of ether oxygens (including phenoxy) is 2. The monoisotopic (exact) mass is 410 g/mol. The molecule has 0 radical (unpaired) electrons. The molecule has 6 nitrogen and oxygen atoms in total. The number of aryl methyl sites for hydroxylation is 1. The molecule has 0 spiro atoms. The van der Waals surface area contributed by atoms with Gasteiger partial charge in [0.2, 0.25) is 0 Å². The maximum Gasteiger partial charge on any atom is 0.310 e. The molecule has 1 aliphatic carbocycles. The number of carbonyl (C=O) groups excluding carboxylic acids is 2. The Balaban J connectivity index is 1.73. The van der Waals surface area contributed by atoms with Gasteiger partial charge in [-0.15, -0.1) is 0 Å². The highest BCUT2D eigenvalue weighted by Crippen LogP contribution is 2.48. The molecule has 8 heteroatoms. The van der Waals surface area contributed by atoms with E-state index in [-0.39, 0.29) is 30.8 Å². The van der Waals surface area contributed by atoms with Crippen LogP contribution in [0, 0.1) is 5.92 Å². The fourth-order valence-electron chi connectivity index (χ4n) is 3.04. The second-order valence-corrected chi connectivity index (χ2v) is 7.41. The van der Waals surface area contributed by atoms with Crippen molar-refractivity contribution in [3.05, 3.63) is 51.8 Å². The third-order valence-corrected chi connectivity index (χ3v) is 4.86. The molecule has 1 saturated carbocycles. The number of hydrogen-bond donors (Lipinski definition) is 0. The zero-order chi connectivity index (χ0) is 19.6. The van der Waals surface area contributed by atoms with Gasteiger partial charge in [-0.05, 0) is 42.7 Å². The van der Waals surface area contributed by atoms with Crippen LogP contribution in [-0.2, 0) is 26.1 Å². The molecule has 0 bridgehead atoms. The molecule has 144 valence electrons. The van der Waals surface area contributed by atoms with Gasteiger partial charge in [-0.2, -0.15) is 5.10 Å². The van der Waals surface area contributed by atoms with Crippen LogP contribution in [-0.4, -0.2) is 28.3 Å². The van der Waals surface area contributed by atoms with E-state index < -0.39 is 12.1 Å². The van der Waals surface area contributed by atoms with E-state index >= 15 is 0 Å². The van der Waals surface area contributed by atoms with Gasteiger partial charge in [-0.3, -0.25) is 14.3 Å². The van der Waals surface area contributed by atoms with Crippen molar-refractivity contribution in [1.29, 1.82) is 0 Å². The van der Waals surface area contributed by atoms with Gasteiger partial charge in [0.15, 0.2) is 0 Å². The van der Waals surface area contributed by atoms with E-state index in [0.717, 1.165) is 5.56 Å². The van der Waals surface area contributed by atoms with Crippen LogP contribution in [0.25, 0.3) is 0 Å². The van der Waals surface area contributed by atoms with Gasteiger partial charge in [0, 0.05) is 29.2 Å². The van der Waals surface area contributed by atoms with Crippen LogP contribution in [0.1, 0.15) is 42.9 Å². The molecule has 0 saturated heterocycles. The van der Waals surface area contributed by atoms with Crippen LogP contribution < -0.4 is 0 Å². The average Bonchev–Trinajstić information content (AvgIpc) is 3.28. The lowest BCUT2D eigenvalue weighted by Gasteiger charge is -2.18. The van der Waals surface area contributed by atoms with E-state index in [1.54, 1.807) is 36.0 Å². The summed E-state index contributed by atoms with van der Waals surface area (Å²) in [5, 5.41) is 4.94. The molecular weight excluding hydrogens is 391 g/mol. The van der Waals surface area contributed by atoms with Crippen LogP contribution in [0.2, 0.25) is 10.0 Å². The highest BCUT2D eigenvalue weighted by Gasteiger charge is 2.46. The number of aromatic nitrogens is 2. The quantitative estimate of drug-likeness (QED) is 0.643. The predicted octanol–water partition coefficient (Wildman–Crippen LogP) is 4.07. The molecule has 0 N–H and O–H groups in total. The minimum atomic E-state index is -0.803. The standard InChI is InChI=1S/C19H20Cl2N2O4/c1-3-26-18(24)8-17(11-4-13(20)6-14(21)5-11)27-19(25)16-7-15(16)12-9-22-23(2)10-12/h4-6,9-10,15-17H,3,7-8H2,1-2H3. The zero-order valence-electron chi connectivity index (χ0n) is 15.0. The number of carbonyl (C=O) groups is 2. The highest BCUT2D eigenvalue weighted by atomic mass is 35.5. The first kappa shape index (κ1) is 19.7. The van der Waals surface area contributed by atoms with Crippen LogP contribution in [0.3, 0.4) is 0 Å². The summed E-state index contributed by atoms with van der Waals surface area (Å²) >= 11 is 12.1. The molecule has 27 heavy (non-hydrogen) atoms. The number of esters is 2. The second kappa shape index (κ2) is 8.31. The third-order valence-electron chi connectivity index (χ3n) is 4.42. The van der Waals surface area contributed by atoms with Crippen molar-refractivity contribution >= 4 is 35.1 Å². The summed E-state index contributed by atoms with van der Waals surface area (Å²) in [6.45, 7) is 1.97. The van der Waals surface area contributed by atoms with Crippen LogP contribution in [0.5, 0.6) is 0 Å². The van der Waals surface area contributed by atoms with Crippen molar-refractivity contribution < 1.29 is 19.1 Å². The largest absolute Gasteiger partial charge is 0.466 e. The van der Waals surface area contributed by atoms with Gasteiger partial charge in [-0.1, -0.05) is 23.2 Å². The number of rotatable bonds is 7. The van der Waals surface area contributed by atoms with Crippen molar-refractivity contribution in [3.63, 3.8) is 0 Å². The number of benzene rings is 1. The molecule has 3 atom stereocenters. The van der Waals surface area contributed by atoms with Gasteiger partial charge in [0.05, 0.1) is 25.1 Å². The Bertz CT molecular complexity index is 832. The lowest BCUT2D eigenvalue weighted by atomic mass is 10.1. The van der Waals surface area contributed by atoms with Crippen LogP contribution in [0.15, 0.2) is 30.6 Å². The van der Waals surface area contributed by atoms with Crippen molar-refractivity contribution in [1.82, 2.24) is 9.78 Å². The smallest absolute Gasteiger partial charge is 0.310 e. The molecule has 1 fully saturated rings. The maximum atomic E-state index is 12.6. The molecular formula is C19H20Cl2N2O4. The van der Waals surface area contributed by atoms with Gasteiger partial charge in [-0.25, -0.2) is 0 Å². The Morgan fingerprint density at radius 1 is 1.30 bits per heavy atom. The Morgan fingerprint density at radius 2 is 2.00 bits per heavy atom. The summed E-state index contributed by atoms with van der Waals surface area (Å²) < 4.78 is 12.4. The van der Waals surface area contributed by atoms with Gasteiger partial charge in [0.1, 0.15) is 6.10 Å². The molecule has 3 unspecified atom stereocenters. The molecule has 1 aromatic heterocycles. The second-order valence-electron chi connectivity index (χ2n) is 6.53. The predicted molar refractivity (Wildman–Crippen MR) is 101 cm³/mol. The first-order valence-electron chi connectivity index (χ1n) is 8.68. The molecule has 3 rings (SSSR count). The van der Waals surface area contributed by atoms with Crippen molar-refractivity contribution in [2.75, 3.05) is 6.61 Å². The first-order valence-corrected chi connectivity index (χ1v) is 9.43. The summed E-state index contributed by atoms with van der Waals surface area (Å²) in [4.78, 5) is 24.6. The minimum Gasteiger partial charge on any atom is -0.466 e. The minimum absolute atomic E-state index is 0.0948. The van der Waals surface area contributed by atoms with Gasteiger partial charge < -0.3 is 9.47 Å². The van der Waals surface area contributed by atoms with E-state index in [2.05, 4.69) is 5.10 Å². The average molecular weight is 411 g/mol. The molecule has 2 aromatic rings. The van der Waals surface area contributed by atoms with Gasteiger partial charge in [0.25, 0.3) is 0 Å². The van der Waals surface area contributed by atoms with E-state index in [4.69, 9.17) is 32.7 Å². The third kappa shape index (κ3) is 5.02. The maximum absolute atomic E-state index is 12.6. The normalized spacial score (nSPS) is 19.4. The fraction of sp³-hybridized carbons (Fsp3) is 0.421. The lowest BCUT2D eigenvalue weighted by molar-refractivity contribution is -0.156. The fourth-order valence-corrected chi connectivity index (χ4v) is 3.59. The van der Waals surface area contributed by atoms with Crippen LogP contribution in [0.4, 0.5) is 0 Å². The van der Waals surface area contributed by atoms with Crippen LogP contribution >= 0.6 is 23.2 Å². The van der Waals surface area contributed by atoms with Crippen molar-refractivity contribution in [3.8, 4) is 0 Å². The lowest BCUT2D eigenvalue weighted by Crippen LogP contribution is -2.18. The first-order chi connectivity index (χ1) is 12.9. The topological polar surface area (TPSA) is 70.4 Å². The molecule has 0 amide bonds. The SMILES string of the molecule is CCOC(=O)CC(OC(=O)C1CC1c1cnn(C)c1)c1cc(Cl)cc(Cl)c1. The summed E-state index contributed by atoms with van der Waals surface area (Å²) in [6, 6.07) is 4.85. The van der Waals surface area contributed by atoms with E-state index in [1.165, 1.54) is 0 Å². The van der Waals surface area contributed by atoms with Crippen molar-refractivity contribution in [2.45, 2.75) is 31.8 Å². The summed E-state index contributed by atoms with van der Waals surface area (Å²) in [5.74, 6) is -0.953. The number of nitrogens with zero attached hydrogens (tertiary/aromatic N) is 2. The Hall–Kier alpha value is -2.05. The van der Waals surface area contributed by atoms with E-state index in [0.29, 0.717) is 22.0 Å². The van der Waals surface area contributed by atoms with E-state index in [1.807, 2.05) is 13.2 Å². The van der Waals surface area contributed by atoms with Crippen molar-refractivity contribution in [2.24, 2.45) is 13.0 Å². The number of halogens is 2. The Labute approximate surface area is 167 Å². The Morgan fingerprint density at radius 3 is 2.59 bits per heavy atom. The molecule has 1 heterocycles.